The first-order valence-electron chi connectivity index (χ1n) is 14.1. The minimum Gasteiger partial charge on any atom is -0.489 e. The lowest BCUT2D eigenvalue weighted by Gasteiger charge is -2.29. The molecule has 6 nitrogen and oxygen atoms in total. The molecule has 1 N–H and O–H groups in total. The summed E-state index contributed by atoms with van der Waals surface area (Å²) < 4.78 is 6.24. The molecular weight excluding hydrogens is 519 g/mol. The van der Waals surface area contributed by atoms with Crippen LogP contribution in [0.1, 0.15) is 37.7 Å². The van der Waals surface area contributed by atoms with Gasteiger partial charge in [-0.2, -0.15) is 0 Å². The maximum Gasteiger partial charge on any atom is 0.225 e. The van der Waals surface area contributed by atoms with Gasteiger partial charge in [0.2, 0.25) is 5.91 Å². The lowest BCUT2D eigenvalue weighted by Crippen LogP contribution is -2.46. The van der Waals surface area contributed by atoms with Crippen molar-refractivity contribution in [3.63, 3.8) is 0 Å². The van der Waals surface area contributed by atoms with Gasteiger partial charge >= 0.3 is 0 Å². The van der Waals surface area contributed by atoms with Crippen LogP contribution in [0.2, 0.25) is 10.0 Å². The SMILES string of the molecule is CN1CCC(Oc2ccc(CC(CN3CCCC3)NC(=O)[C@@H]3CCN(c4ccc(Cl)cc4)C3)cc2Cl)CC1. The molecule has 0 radical (unpaired) electrons. The zero-order valence-electron chi connectivity index (χ0n) is 22.4. The van der Waals surface area contributed by atoms with Gasteiger partial charge in [0, 0.05) is 49.5 Å². The average Bonchev–Trinajstić information content (AvgIpc) is 3.60. The van der Waals surface area contributed by atoms with Crippen LogP contribution in [0, 0.1) is 5.92 Å². The predicted octanol–water partition coefficient (Wildman–Crippen LogP) is 5.12. The zero-order chi connectivity index (χ0) is 26.5. The van der Waals surface area contributed by atoms with E-state index >= 15 is 0 Å². The van der Waals surface area contributed by atoms with E-state index in [-0.39, 0.29) is 24.0 Å². The summed E-state index contributed by atoms with van der Waals surface area (Å²) in [5.41, 5.74) is 2.25. The molecule has 206 valence electrons. The summed E-state index contributed by atoms with van der Waals surface area (Å²) in [5, 5.41) is 4.80. The van der Waals surface area contributed by atoms with Crippen LogP contribution in [0.3, 0.4) is 0 Å². The number of nitrogens with zero attached hydrogens (tertiary/aromatic N) is 3. The van der Waals surface area contributed by atoms with Crippen LogP contribution in [0.4, 0.5) is 5.69 Å². The van der Waals surface area contributed by atoms with Gasteiger partial charge in [-0.3, -0.25) is 4.79 Å². The number of nitrogens with one attached hydrogen (secondary N) is 1. The molecule has 38 heavy (non-hydrogen) atoms. The van der Waals surface area contributed by atoms with E-state index in [0.29, 0.717) is 5.02 Å². The monoisotopic (exact) mass is 558 g/mol. The molecule has 0 aliphatic carbocycles. The molecule has 3 heterocycles. The molecule has 1 unspecified atom stereocenters. The number of carbonyl (C=O) groups excluding carboxylic acids is 1. The van der Waals surface area contributed by atoms with E-state index in [0.717, 1.165) is 93.5 Å². The number of anilines is 1. The van der Waals surface area contributed by atoms with Crippen molar-refractivity contribution in [3.05, 3.63) is 58.1 Å². The van der Waals surface area contributed by atoms with Gasteiger partial charge in [0.1, 0.15) is 11.9 Å². The Hall–Kier alpha value is -1.99. The minimum atomic E-state index is -0.0133. The Labute approximate surface area is 237 Å². The fourth-order valence-electron chi connectivity index (χ4n) is 5.95. The van der Waals surface area contributed by atoms with Gasteiger partial charge in [-0.25, -0.2) is 0 Å². The summed E-state index contributed by atoms with van der Waals surface area (Å²) in [4.78, 5) is 20.5. The minimum absolute atomic E-state index is 0.0133. The Kier molecular flexibility index (Phi) is 9.37. The summed E-state index contributed by atoms with van der Waals surface area (Å²) in [6, 6.07) is 14.1. The highest BCUT2D eigenvalue weighted by Gasteiger charge is 2.30. The highest BCUT2D eigenvalue weighted by atomic mass is 35.5. The van der Waals surface area contributed by atoms with Crippen molar-refractivity contribution in [2.75, 3.05) is 57.8 Å². The molecule has 3 aliphatic rings. The number of piperidine rings is 1. The van der Waals surface area contributed by atoms with E-state index in [1.54, 1.807) is 0 Å². The van der Waals surface area contributed by atoms with Crippen molar-refractivity contribution in [2.45, 2.75) is 50.7 Å². The van der Waals surface area contributed by atoms with Gasteiger partial charge in [-0.1, -0.05) is 29.3 Å². The fourth-order valence-corrected chi connectivity index (χ4v) is 6.33. The Bertz CT molecular complexity index is 1070. The average molecular weight is 560 g/mol. The standard InChI is InChI=1S/C30H40Cl2N4O2/c1-34-15-11-27(12-16-34)38-29-9-4-22(19-28(29)32)18-25(21-35-13-2-3-14-35)33-30(37)23-10-17-36(20-23)26-7-5-24(31)6-8-26/h4-9,19,23,25,27H,2-3,10-18,20-21H2,1H3,(H,33,37)/t23-,25?/m1/s1. The molecule has 0 bridgehead atoms. The lowest BCUT2D eigenvalue weighted by atomic mass is 10.0. The van der Waals surface area contributed by atoms with Crippen LogP contribution < -0.4 is 15.0 Å². The molecule has 8 heteroatoms. The molecule has 2 atom stereocenters. The maximum absolute atomic E-state index is 13.4. The fraction of sp³-hybridized carbons (Fsp3) is 0.567. The van der Waals surface area contributed by atoms with E-state index in [2.05, 4.69) is 33.1 Å². The van der Waals surface area contributed by atoms with Crippen LogP contribution in [0.15, 0.2) is 42.5 Å². The largest absolute Gasteiger partial charge is 0.489 e. The molecule has 0 spiro atoms. The van der Waals surface area contributed by atoms with Crippen LogP contribution in [-0.2, 0) is 11.2 Å². The number of halogens is 2. The second kappa shape index (κ2) is 12.9. The van der Waals surface area contributed by atoms with Crippen molar-refractivity contribution in [1.29, 1.82) is 0 Å². The van der Waals surface area contributed by atoms with Gasteiger partial charge < -0.3 is 24.8 Å². The van der Waals surface area contributed by atoms with E-state index in [9.17, 15) is 4.79 Å². The number of amides is 1. The molecule has 1 amide bonds. The number of ether oxygens (including phenoxy) is 1. The quantitative estimate of drug-likeness (QED) is 0.463. The Morgan fingerprint density at radius 2 is 1.74 bits per heavy atom. The number of hydrogen-bond donors (Lipinski definition) is 1. The van der Waals surface area contributed by atoms with Crippen LogP contribution in [0.5, 0.6) is 5.75 Å². The van der Waals surface area contributed by atoms with E-state index in [1.165, 1.54) is 12.8 Å². The highest BCUT2D eigenvalue weighted by molar-refractivity contribution is 6.32. The molecule has 3 fully saturated rings. The maximum atomic E-state index is 13.4. The van der Waals surface area contributed by atoms with Gasteiger partial charge in [0.25, 0.3) is 0 Å². The number of hydrogen-bond acceptors (Lipinski definition) is 5. The van der Waals surface area contributed by atoms with Gasteiger partial charge in [0.15, 0.2) is 0 Å². The first kappa shape index (κ1) is 27.6. The third-order valence-electron chi connectivity index (χ3n) is 8.21. The summed E-state index contributed by atoms with van der Waals surface area (Å²) >= 11 is 12.7. The first-order valence-corrected chi connectivity index (χ1v) is 14.9. The molecule has 3 aliphatic heterocycles. The number of benzene rings is 2. The number of rotatable bonds is 9. The lowest BCUT2D eigenvalue weighted by molar-refractivity contribution is -0.125. The van der Waals surface area contributed by atoms with Gasteiger partial charge in [-0.05, 0) is 101 Å². The summed E-state index contributed by atoms with van der Waals surface area (Å²) in [6.45, 7) is 6.79. The Morgan fingerprint density at radius 1 is 1.00 bits per heavy atom. The van der Waals surface area contributed by atoms with Gasteiger partial charge in [0.05, 0.1) is 10.9 Å². The van der Waals surface area contributed by atoms with Crippen LogP contribution >= 0.6 is 23.2 Å². The molecule has 2 aromatic rings. The van der Waals surface area contributed by atoms with Gasteiger partial charge in [-0.15, -0.1) is 0 Å². The highest BCUT2D eigenvalue weighted by Crippen LogP contribution is 2.29. The normalized spacial score (nSPS) is 22.1. The molecule has 5 rings (SSSR count). The Morgan fingerprint density at radius 3 is 2.45 bits per heavy atom. The van der Waals surface area contributed by atoms with Crippen LogP contribution in [-0.4, -0.2) is 80.7 Å². The third kappa shape index (κ3) is 7.35. The van der Waals surface area contributed by atoms with E-state index in [4.69, 9.17) is 27.9 Å². The topological polar surface area (TPSA) is 48.1 Å². The summed E-state index contributed by atoms with van der Waals surface area (Å²) in [5.74, 6) is 0.901. The number of carbonyl (C=O) groups is 1. The molecule has 2 aromatic carbocycles. The molecule has 0 saturated carbocycles. The predicted molar refractivity (Wildman–Crippen MR) is 156 cm³/mol. The third-order valence-corrected chi connectivity index (χ3v) is 8.76. The second-order valence-electron chi connectivity index (χ2n) is 11.2. The first-order chi connectivity index (χ1) is 18.4. The van der Waals surface area contributed by atoms with Crippen LogP contribution in [0.25, 0.3) is 0 Å². The number of likely N-dealkylation sites (tertiary alicyclic amines) is 2. The van der Waals surface area contributed by atoms with E-state index < -0.39 is 0 Å². The smallest absolute Gasteiger partial charge is 0.225 e. The molecule has 3 saturated heterocycles. The molecule has 0 aromatic heterocycles. The summed E-state index contributed by atoms with van der Waals surface area (Å²) in [7, 11) is 2.15. The summed E-state index contributed by atoms with van der Waals surface area (Å²) in [6.07, 6.45) is 6.34. The van der Waals surface area contributed by atoms with Crippen molar-refractivity contribution in [3.8, 4) is 5.75 Å². The van der Waals surface area contributed by atoms with Crippen molar-refractivity contribution in [1.82, 2.24) is 15.1 Å². The van der Waals surface area contributed by atoms with Crippen molar-refractivity contribution >= 4 is 34.8 Å². The van der Waals surface area contributed by atoms with Crippen molar-refractivity contribution < 1.29 is 9.53 Å². The molecular formula is C30H40Cl2N4O2. The van der Waals surface area contributed by atoms with Crippen molar-refractivity contribution in [2.24, 2.45) is 5.92 Å². The van der Waals surface area contributed by atoms with E-state index in [1.807, 2.05) is 36.4 Å². The second-order valence-corrected chi connectivity index (χ2v) is 12.1. The Balaban J connectivity index is 1.20. The zero-order valence-corrected chi connectivity index (χ0v) is 23.9.